The smallest absolute Gasteiger partial charge is 0.271 e. The average Bonchev–Trinajstić information content (AvgIpc) is 2.37. The summed E-state index contributed by atoms with van der Waals surface area (Å²) in [6.45, 7) is 0. The summed E-state index contributed by atoms with van der Waals surface area (Å²) in [4.78, 5) is 4.65. The topological polar surface area (TPSA) is 48.2 Å². The Morgan fingerprint density at radius 1 is 1.37 bits per heavy atom. The molecule has 0 bridgehead atoms. The predicted octanol–water partition coefficient (Wildman–Crippen LogP) is 3.85. The number of hydrogen-bond acceptors (Lipinski definition) is 4. The molecule has 0 saturated carbocycles. The molecule has 1 aromatic carbocycles. The fraction of sp³-hybridized carbons (Fsp3) is 0.273. The van der Waals surface area contributed by atoms with E-state index in [0.717, 1.165) is 23.9 Å². The molecule has 0 aliphatic rings. The van der Waals surface area contributed by atoms with Crippen LogP contribution in [0.15, 0.2) is 28.1 Å². The summed E-state index contributed by atoms with van der Waals surface area (Å²) in [6, 6.07) is 3.36. The SMILES string of the molecule is CSC(=Nc1cc(C(F)(F)F)ccc1SC)NC#N. The van der Waals surface area contributed by atoms with Gasteiger partial charge in [0.25, 0.3) is 0 Å². The molecule has 0 heterocycles. The van der Waals surface area contributed by atoms with Crippen LogP contribution in [0.3, 0.4) is 0 Å². The van der Waals surface area contributed by atoms with Gasteiger partial charge in [0.1, 0.15) is 0 Å². The minimum atomic E-state index is -4.41. The lowest BCUT2D eigenvalue weighted by Crippen LogP contribution is -2.12. The molecule has 0 saturated heterocycles. The van der Waals surface area contributed by atoms with Gasteiger partial charge >= 0.3 is 6.18 Å². The number of alkyl halides is 3. The van der Waals surface area contributed by atoms with Crippen LogP contribution in [0.25, 0.3) is 0 Å². The van der Waals surface area contributed by atoms with Crippen LogP contribution in [0.5, 0.6) is 0 Å². The van der Waals surface area contributed by atoms with Crippen molar-refractivity contribution in [1.29, 1.82) is 5.26 Å². The van der Waals surface area contributed by atoms with E-state index in [0.29, 0.717) is 4.90 Å². The molecule has 0 aromatic heterocycles. The Morgan fingerprint density at radius 3 is 2.53 bits per heavy atom. The zero-order chi connectivity index (χ0) is 14.5. The maximum Gasteiger partial charge on any atom is 0.416 e. The standard InChI is InChI=1S/C11H10F3N3S2/c1-18-9-4-3-7(11(12,13)14)5-8(9)17-10(19-2)16-6-15/h3-5H,1-2H3,(H,16,17). The quantitative estimate of drug-likeness (QED) is 0.296. The van der Waals surface area contributed by atoms with Gasteiger partial charge in [-0.1, -0.05) is 11.8 Å². The zero-order valence-corrected chi connectivity index (χ0v) is 11.7. The van der Waals surface area contributed by atoms with Gasteiger partial charge in [-0.2, -0.15) is 18.4 Å². The molecule has 1 aromatic rings. The van der Waals surface area contributed by atoms with Crippen molar-refractivity contribution in [2.24, 2.45) is 4.99 Å². The molecule has 0 radical (unpaired) electrons. The molecule has 1 rings (SSSR count). The Bertz CT molecular complexity index is 521. The van der Waals surface area contributed by atoms with E-state index in [-0.39, 0.29) is 10.9 Å². The van der Waals surface area contributed by atoms with Crippen LogP contribution in [-0.4, -0.2) is 17.7 Å². The normalized spacial score (nSPS) is 12.1. The number of aliphatic imine (C=N–C) groups is 1. The number of nitriles is 1. The number of thioether (sulfide) groups is 2. The second kappa shape index (κ2) is 6.73. The van der Waals surface area contributed by atoms with Gasteiger partial charge in [0.2, 0.25) is 0 Å². The van der Waals surface area contributed by atoms with E-state index in [2.05, 4.69) is 10.3 Å². The van der Waals surface area contributed by atoms with Crippen molar-refractivity contribution in [3.8, 4) is 6.19 Å². The third kappa shape index (κ3) is 4.36. The molecule has 19 heavy (non-hydrogen) atoms. The number of halogens is 3. The third-order valence-electron chi connectivity index (χ3n) is 2.08. The molecule has 0 aliphatic heterocycles. The van der Waals surface area contributed by atoms with Crippen molar-refractivity contribution in [3.63, 3.8) is 0 Å². The van der Waals surface area contributed by atoms with Crippen LogP contribution < -0.4 is 5.32 Å². The molecular formula is C11H10F3N3S2. The number of benzene rings is 1. The first-order chi connectivity index (χ1) is 8.92. The number of nitrogens with one attached hydrogen (secondary N) is 1. The number of hydrogen-bond donors (Lipinski definition) is 1. The number of rotatable bonds is 2. The van der Waals surface area contributed by atoms with Crippen molar-refractivity contribution < 1.29 is 13.2 Å². The van der Waals surface area contributed by atoms with E-state index in [1.807, 2.05) is 0 Å². The lowest BCUT2D eigenvalue weighted by Gasteiger charge is -2.10. The highest BCUT2D eigenvalue weighted by Crippen LogP contribution is 2.36. The van der Waals surface area contributed by atoms with Gasteiger partial charge in [0.05, 0.1) is 11.3 Å². The Morgan fingerprint density at radius 2 is 2.05 bits per heavy atom. The van der Waals surface area contributed by atoms with Crippen LogP contribution in [0, 0.1) is 11.5 Å². The summed E-state index contributed by atoms with van der Waals surface area (Å²) in [5.74, 6) is 0. The summed E-state index contributed by atoms with van der Waals surface area (Å²) < 4.78 is 37.9. The van der Waals surface area contributed by atoms with Gasteiger partial charge in [0.15, 0.2) is 11.4 Å². The van der Waals surface area contributed by atoms with Gasteiger partial charge in [-0.25, -0.2) is 4.99 Å². The Hall–Kier alpha value is -1.33. The molecule has 0 fully saturated rings. The van der Waals surface area contributed by atoms with Crippen molar-refractivity contribution in [2.45, 2.75) is 11.1 Å². The minimum Gasteiger partial charge on any atom is -0.271 e. The van der Waals surface area contributed by atoms with Crippen LogP contribution >= 0.6 is 23.5 Å². The molecule has 0 aliphatic carbocycles. The summed E-state index contributed by atoms with van der Waals surface area (Å²) in [5.41, 5.74) is -0.573. The maximum absolute atomic E-state index is 12.6. The predicted molar refractivity (Wildman–Crippen MR) is 72.6 cm³/mol. The second-order valence-electron chi connectivity index (χ2n) is 3.24. The first-order valence-corrected chi connectivity index (χ1v) is 7.40. The van der Waals surface area contributed by atoms with Crippen LogP contribution in [0.2, 0.25) is 0 Å². The zero-order valence-electron chi connectivity index (χ0n) is 10.1. The molecule has 0 atom stereocenters. The molecule has 0 amide bonds. The van der Waals surface area contributed by atoms with Crippen LogP contribution in [0.4, 0.5) is 18.9 Å². The Kier molecular flexibility index (Phi) is 5.57. The van der Waals surface area contributed by atoms with E-state index < -0.39 is 11.7 Å². The molecule has 8 heteroatoms. The number of nitrogens with zero attached hydrogens (tertiary/aromatic N) is 2. The summed E-state index contributed by atoms with van der Waals surface area (Å²) in [6.07, 6.45) is 0.702. The molecule has 0 spiro atoms. The summed E-state index contributed by atoms with van der Waals surface area (Å²) in [5, 5.41) is 11.1. The molecule has 3 nitrogen and oxygen atoms in total. The fourth-order valence-corrected chi connectivity index (χ4v) is 2.09. The largest absolute Gasteiger partial charge is 0.416 e. The fourth-order valence-electron chi connectivity index (χ4n) is 1.24. The lowest BCUT2D eigenvalue weighted by atomic mass is 10.2. The first-order valence-electron chi connectivity index (χ1n) is 4.95. The third-order valence-corrected chi connectivity index (χ3v) is 3.45. The van der Waals surface area contributed by atoms with E-state index in [9.17, 15) is 13.2 Å². The Labute approximate surface area is 117 Å². The molecular weight excluding hydrogens is 295 g/mol. The summed E-state index contributed by atoms with van der Waals surface area (Å²) in [7, 11) is 0. The highest BCUT2D eigenvalue weighted by molar-refractivity contribution is 8.13. The average molecular weight is 305 g/mol. The first kappa shape index (κ1) is 15.7. The van der Waals surface area contributed by atoms with E-state index in [1.54, 1.807) is 18.7 Å². The van der Waals surface area contributed by atoms with E-state index in [4.69, 9.17) is 5.26 Å². The van der Waals surface area contributed by atoms with Gasteiger partial charge in [-0.15, -0.1) is 11.8 Å². The lowest BCUT2D eigenvalue weighted by molar-refractivity contribution is -0.137. The summed E-state index contributed by atoms with van der Waals surface area (Å²) >= 11 is 2.44. The van der Waals surface area contributed by atoms with Gasteiger partial charge in [0, 0.05) is 4.90 Å². The van der Waals surface area contributed by atoms with Gasteiger partial charge in [-0.05, 0) is 30.7 Å². The van der Waals surface area contributed by atoms with Crippen molar-refractivity contribution in [2.75, 3.05) is 12.5 Å². The van der Waals surface area contributed by atoms with Crippen molar-refractivity contribution >= 4 is 34.4 Å². The minimum absolute atomic E-state index is 0.189. The van der Waals surface area contributed by atoms with Crippen LogP contribution in [0.1, 0.15) is 5.56 Å². The van der Waals surface area contributed by atoms with Crippen LogP contribution in [-0.2, 0) is 6.18 Å². The number of amidine groups is 1. The van der Waals surface area contributed by atoms with E-state index >= 15 is 0 Å². The van der Waals surface area contributed by atoms with Crippen molar-refractivity contribution in [3.05, 3.63) is 23.8 Å². The maximum atomic E-state index is 12.6. The van der Waals surface area contributed by atoms with E-state index in [1.165, 1.54) is 17.8 Å². The van der Waals surface area contributed by atoms with Crippen molar-refractivity contribution in [1.82, 2.24) is 5.32 Å². The molecule has 0 unspecified atom stereocenters. The van der Waals surface area contributed by atoms with Gasteiger partial charge in [-0.3, -0.25) is 5.32 Å². The highest BCUT2D eigenvalue weighted by Gasteiger charge is 2.31. The Balaban J connectivity index is 3.27. The molecule has 102 valence electrons. The van der Waals surface area contributed by atoms with Gasteiger partial charge < -0.3 is 0 Å². The monoisotopic (exact) mass is 305 g/mol. The second-order valence-corrected chi connectivity index (χ2v) is 4.89. The highest BCUT2D eigenvalue weighted by atomic mass is 32.2. The molecule has 1 N–H and O–H groups in total.